The van der Waals surface area contributed by atoms with Gasteiger partial charge in [-0.25, -0.2) is 4.79 Å². The number of hydrogen-bond acceptors (Lipinski definition) is 5. The van der Waals surface area contributed by atoms with Gasteiger partial charge < -0.3 is 10.1 Å². The number of carbonyl (C=O) groups excluding carboxylic acids is 2. The Bertz CT molecular complexity index is 1160. The molecule has 5 nitrogen and oxygen atoms in total. The molecule has 0 radical (unpaired) electrons. The van der Waals surface area contributed by atoms with Crippen molar-refractivity contribution in [2.45, 2.75) is 45.1 Å². The molecule has 6 heteroatoms. The molecule has 4 rings (SSSR count). The van der Waals surface area contributed by atoms with Gasteiger partial charge in [0.2, 0.25) is 5.91 Å². The fraction of sp³-hybridized carbons (Fsp3) is 0.333. The summed E-state index contributed by atoms with van der Waals surface area (Å²) < 4.78 is 5.68. The normalized spacial score (nSPS) is 15.1. The molecule has 0 bridgehead atoms. The van der Waals surface area contributed by atoms with Gasteiger partial charge in [0.25, 0.3) is 0 Å². The minimum atomic E-state index is -0.462. The maximum Gasteiger partial charge on any atom is 0.330 e. The van der Waals surface area contributed by atoms with Crippen LogP contribution in [0.3, 0.4) is 0 Å². The Kier molecular flexibility index (Phi) is 9.47. The Labute approximate surface area is 217 Å². The lowest BCUT2D eigenvalue weighted by molar-refractivity contribution is -0.135. The summed E-state index contributed by atoms with van der Waals surface area (Å²) in [5, 5.41) is 4.75. The molecule has 0 spiro atoms. The first-order valence-corrected chi connectivity index (χ1v) is 13.6. The number of nitrogens with zero attached hydrogens (tertiary/aromatic N) is 1. The summed E-state index contributed by atoms with van der Waals surface area (Å²) in [6.07, 6.45) is 8.26. The van der Waals surface area contributed by atoms with Crippen LogP contribution in [0.15, 0.2) is 72.1 Å². The van der Waals surface area contributed by atoms with Crippen molar-refractivity contribution in [3.05, 3.63) is 93.7 Å². The number of ether oxygens (including phenoxy) is 1. The molecular weight excluding hydrogens is 468 g/mol. The third-order valence-electron chi connectivity index (χ3n) is 6.52. The molecule has 0 fully saturated rings. The lowest BCUT2D eigenvalue weighted by Crippen LogP contribution is -2.41. The molecule has 1 aliphatic rings. The van der Waals surface area contributed by atoms with Gasteiger partial charge in [0.1, 0.15) is 12.3 Å². The van der Waals surface area contributed by atoms with Gasteiger partial charge in [-0.1, -0.05) is 55.5 Å². The molecular formula is C30H34N2O3S. The molecule has 3 aromatic rings. The first-order chi connectivity index (χ1) is 17.6. The Balaban J connectivity index is 1.31. The van der Waals surface area contributed by atoms with Crippen LogP contribution in [0.1, 0.15) is 41.3 Å². The second kappa shape index (κ2) is 13.2. The van der Waals surface area contributed by atoms with Crippen molar-refractivity contribution >= 4 is 29.3 Å². The molecule has 2 aromatic carbocycles. The molecule has 1 heterocycles. The number of esters is 1. The zero-order valence-electron chi connectivity index (χ0n) is 20.8. The highest BCUT2D eigenvalue weighted by Gasteiger charge is 2.26. The quantitative estimate of drug-likeness (QED) is 0.220. The Hall–Kier alpha value is -3.22. The standard InChI is InChI=1S/C30H34N2O3S/c1-2-18-32(19-17-26-11-7-20-36-26)25-14-15-27-24(21-25)10-6-12-28(27)35-30(34)22-31-29(33)16-13-23-8-4-3-5-9-23/h3-13,16,20,25H,2,14-15,17-19,21-22H2,1H3,(H,31,33)/b16-13+. The molecule has 1 aliphatic carbocycles. The van der Waals surface area contributed by atoms with Crippen molar-refractivity contribution in [3.63, 3.8) is 0 Å². The first-order valence-electron chi connectivity index (χ1n) is 12.7. The second-order valence-corrected chi connectivity index (χ2v) is 10.1. The van der Waals surface area contributed by atoms with Crippen molar-refractivity contribution in [3.8, 4) is 5.75 Å². The van der Waals surface area contributed by atoms with Gasteiger partial charge in [0, 0.05) is 23.5 Å². The van der Waals surface area contributed by atoms with Crippen LogP contribution in [0.5, 0.6) is 5.75 Å². The highest BCUT2D eigenvalue weighted by molar-refractivity contribution is 7.09. The zero-order chi connectivity index (χ0) is 25.2. The van der Waals surface area contributed by atoms with Gasteiger partial charge in [-0.3, -0.25) is 9.69 Å². The van der Waals surface area contributed by atoms with E-state index >= 15 is 0 Å². The Morgan fingerprint density at radius 3 is 2.72 bits per heavy atom. The van der Waals surface area contributed by atoms with Gasteiger partial charge in [-0.15, -0.1) is 11.3 Å². The number of rotatable bonds is 11. The number of nitrogens with one attached hydrogen (secondary N) is 1. The van der Waals surface area contributed by atoms with Crippen LogP contribution in [0.4, 0.5) is 0 Å². The lowest BCUT2D eigenvalue weighted by Gasteiger charge is -2.35. The number of thiophene rings is 1. The largest absolute Gasteiger partial charge is 0.425 e. The van der Waals surface area contributed by atoms with Crippen molar-refractivity contribution < 1.29 is 14.3 Å². The molecule has 0 saturated heterocycles. The van der Waals surface area contributed by atoms with Crippen LogP contribution in [-0.2, 0) is 28.9 Å². The van der Waals surface area contributed by atoms with Gasteiger partial charge in [0.15, 0.2) is 0 Å². The molecule has 188 valence electrons. The van der Waals surface area contributed by atoms with E-state index in [1.54, 1.807) is 6.08 Å². The average Bonchev–Trinajstić information content (AvgIpc) is 3.43. The predicted octanol–water partition coefficient (Wildman–Crippen LogP) is 5.30. The summed E-state index contributed by atoms with van der Waals surface area (Å²) in [6, 6.07) is 20.4. The van der Waals surface area contributed by atoms with Gasteiger partial charge in [-0.05, 0) is 78.9 Å². The molecule has 1 N–H and O–H groups in total. The number of fused-ring (bicyclic) bond motifs is 1. The monoisotopic (exact) mass is 502 g/mol. The topological polar surface area (TPSA) is 58.6 Å². The highest BCUT2D eigenvalue weighted by atomic mass is 32.1. The molecule has 0 saturated carbocycles. The number of benzene rings is 2. The van der Waals surface area contributed by atoms with Crippen LogP contribution < -0.4 is 10.1 Å². The third kappa shape index (κ3) is 7.39. The average molecular weight is 503 g/mol. The van der Waals surface area contributed by atoms with Gasteiger partial charge in [-0.2, -0.15) is 0 Å². The molecule has 1 atom stereocenters. The fourth-order valence-corrected chi connectivity index (χ4v) is 5.44. The van der Waals surface area contributed by atoms with Crippen LogP contribution >= 0.6 is 11.3 Å². The maximum absolute atomic E-state index is 12.5. The SMILES string of the molecule is CCCN(CCc1cccs1)C1CCc2c(cccc2OC(=O)CNC(=O)/C=C/c2ccccc2)C1. The molecule has 36 heavy (non-hydrogen) atoms. The summed E-state index contributed by atoms with van der Waals surface area (Å²) in [4.78, 5) is 28.6. The van der Waals surface area contributed by atoms with E-state index in [2.05, 4.69) is 40.7 Å². The number of amides is 1. The van der Waals surface area contributed by atoms with E-state index in [0.29, 0.717) is 11.8 Å². The van der Waals surface area contributed by atoms with E-state index in [1.165, 1.54) is 16.5 Å². The van der Waals surface area contributed by atoms with E-state index in [1.807, 2.05) is 53.8 Å². The van der Waals surface area contributed by atoms with Crippen molar-refractivity contribution in [2.75, 3.05) is 19.6 Å². The smallest absolute Gasteiger partial charge is 0.330 e. The van der Waals surface area contributed by atoms with E-state index in [4.69, 9.17) is 4.74 Å². The number of hydrogen-bond donors (Lipinski definition) is 1. The summed E-state index contributed by atoms with van der Waals surface area (Å²) >= 11 is 1.83. The second-order valence-electron chi connectivity index (χ2n) is 9.09. The zero-order valence-corrected chi connectivity index (χ0v) is 21.6. The molecule has 1 aromatic heterocycles. The van der Waals surface area contributed by atoms with E-state index in [0.717, 1.165) is 56.3 Å². The van der Waals surface area contributed by atoms with Crippen molar-refractivity contribution in [1.29, 1.82) is 0 Å². The minimum Gasteiger partial charge on any atom is -0.425 e. The van der Waals surface area contributed by atoms with E-state index in [-0.39, 0.29) is 12.5 Å². The highest BCUT2D eigenvalue weighted by Crippen LogP contribution is 2.32. The van der Waals surface area contributed by atoms with Crippen molar-refractivity contribution in [2.24, 2.45) is 0 Å². The predicted molar refractivity (Wildman–Crippen MR) is 146 cm³/mol. The van der Waals surface area contributed by atoms with Crippen molar-refractivity contribution in [1.82, 2.24) is 10.2 Å². The van der Waals surface area contributed by atoms with Crippen LogP contribution in [0, 0.1) is 0 Å². The minimum absolute atomic E-state index is 0.169. The lowest BCUT2D eigenvalue weighted by atomic mass is 9.86. The number of carbonyl (C=O) groups is 2. The molecule has 1 unspecified atom stereocenters. The first kappa shape index (κ1) is 25.9. The van der Waals surface area contributed by atoms with Crippen LogP contribution in [-0.4, -0.2) is 42.5 Å². The fourth-order valence-electron chi connectivity index (χ4n) is 4.75. The Morgan fingerprint density at radius 1 is 1.08 bits per heavy atom. The third-order valence-corrected chi connectivity index (χ3v) is 7.46. The van der Waals surface area contributed by atoms with Gasteiger partial charge >= 0.3 is 5.97 Å². The van der Waals surface area contributed by atoms with E-state index < -0.39 is 5.97 Å². The maximum atomic E-state index is 12.5. The van der Waals surface area contributed by atoms with Crippen LogP contribution in [0.25, 0.3) is 6.08 Å². The summed E-state index contributed by atoms with van der Waals surface area (Å²) in [7, 11) is 0. The summed E-state index contributed by atoms with van der Waals surface area (Å²) in [5.74, 6) is -0.173. The summed E-state index contributed by atoms with van der Waals surface area (Å²) in [5.41, 5.74) is 3.30. The Morgan fingerprint density at radius 2 is 1.94 bits per heavy atom. The van der Waals surface area contributed by atoms with Crippen LogP contribution in [0.2, 0.25) is 0 Å². The molecule has 0 aliphatic heterocycles. The van der Waals surface area contributed by atoms with Gasteiger partial charge in [0.05, 0.1) is 0 Å². The molecule has 1 amide bonds. The summed E-state index contributed by atoms with van der Waals surface area (Å²) in [6.45, 7) is 4.24. The van der Waals surface area contributed by atoms with E-state index in [9.17, 15) is 9.59 Å².